The molecule has 0 bridgehead atoms. The molecule has 0 spiro atoms. The number of phosphoric acid groups is 1. The number of esters is 1. The molecule has 0 heterocycles. The van der Waals surface area contributed by atoms with E-state index in [9.17, 15) is 14.3 Å². The van der Waals surface area contributed by atoms with Gasteiger partial charge in [0, 0.05) is 12.0 Å². The number of carbonyl (C=O) groups excluding carboxylic acids is 1. The van der Waals surface area contributed by atoms with Crippen LogP contribution in [0.4, 0.5) is 0 Å². The fourth-order valence-electron chi connectivity index (χ4n) is 1.96. The Labute approximate surface area is 152 Å². The number of quaternary nitrogens is 1. The predicted octanol–water partition coefficient (Wildman–Crippen LogP) is 3.29. The van der Waals surface area contributed by atoms with Crippen molar-refractivity contribution in [3.05, 3.63) is 12.2 Å². The number of ether oxygens (including phenoxy) is 1. The second-order valence-electron chi connectivity index (χ2n) is 7.19. The van der Waals surface area contributed by atoms with E-state index >= 15 is 0 Å². The molecule has 0 aromatic heterocycles. The molecule has 0 aromatic rings. The van der Waals surface area contributed by atoms with Crippen molar-refractivity contribution in [1.29, 1.82) is 0 Å². The maximum absolute atomic E-state index is 11.7. The van der Waals surface area contributed by atoms with E-state index in [1.807, 2.05) is 0 Å². The van der Waals surface area contributed by atoms with Gasteiger partial charge in [0.2, 0.25) is 0 Å². The van der Waals surface area contributed by atoms with Gasteiger partial charge in [-0.1, -0.05) is 25.8 Å². The first-order chi connectivity index (χ1) is 11.5. The number of unbranched alkanes of at least 4 members (excludes halogenated alkanes) is 4. The second-order valence-corrected chi connectivity index (χ2v) is 8.64. The summed E-state index contributed by atoms with van der Waals surface area (Å²) in [5.41, 5.74) is 0.408. The summed E-state index contributed by atoms with van der Waals surface area (Å²) in [5.74, 6) is -0.353. The highest BCUT2D eigenvalue weighted by molar-refractivity contribution is 7.47. The lowest BCUT2D eigenvalue weighted by Gasteiger charge is -2.23. The maximum atomic E-state index is 11.7. The maximum Gasteiger partial charge on any atom is 0.472 e. The fourth-order valence-corrected chi connectivity index (χ4v) is 2.75. The van der Waals surface area contributed by atoms with Crippen LogP contribution in [-0.4, -0.2) is 62.9 Å². The molecule has 1 atom stereocenters. The van der Waals surface area contributed by atoms with E-state index in [1.54, 1.807) is 6.92 Å². The Hall–Kier alpha value is -0.720. The zero-order chi connectivity index (χ0) is 19.3. The van der Waals surface area contributed by atoms with E-state index in [4.69, 9.17) is 13.8 Å². The van der Waals surface area contributed by atoms with Crippen molar-refractivity contribution in [2.75, 3.05) is 47.5 Å². The number of carbonyl (C=O) groups is 1. The number of rotatable bonds is 15. The van der Waals surface area contributed by atoms with Crippen LogP contribution in [0.1, 0.15) is 45.4 Å². The molecule has 0 aliphatic rings. The zero-order valence-electron chi connectivity index (χ0n) is 16.2. The number of phosphoric ester groups is 1. The molecule has 0 fully saturated rings. The molecule has 1 unspecified atom stereocenters. The van der Waals surface area contributed by atoms with E-state index in [-0.39, 0.29) is 19.2 Å². The summed E-state index contributed by atoms with van der Waals surface area (Å²) in [6, 6.07) is 0. The third kappa shape index (κ3) is 16.5. The molecule has 0 aliphatic carbocycles. The Morgan fingerprint density at radius 3 is 1.96 bits per heavy atom. The quantitative estimate of drug-likeness (QED) is 0.154. The van der Waals surface area contributed by atoms with Crippen LogP contribution in [0.25, 0.3) is 0 Å². The molecule has 25 heavy (non-hydrogen) atoms. The monoisotopic (exact) mass is 380 g/mol. The standard InChI is InChI=1S/C17H34NO6P/c1-16(2)17(19)22-13-9-7-6-8-10-14-23-25(20,21)24-15-11-12-18(3,4)5/h1,6-15H2,2-5H3/p+1. The van der Waals surface area contributed by atoms with Crippen LogP contribution in [-0.2, 0) is 23.1 Å². The Morgan fingerprint density at radius 2 is 1.44 bits per heavy atom. The summed E-state index contributed by atoms with van der Waals surface area (Å²) in [6.07, 6.45) is 4.96. The molecule has 1 N–H and O–H groups in total. The molecule has 0 saturated carbocycles. The highest BCUT2D eigenvalue weighted by Gasteiger charge is 2.20. The lowest BCUT2D eigenvalue weighted by molar-refractivity contribution is -0.870. The highest BCUT2D eigenvalue weighted by Crippen LogP contribution is 2.43. The van der Waals surface area contributed by atoms with Gasteiger partial charge in [-0.25, -0.2) is 9.36 Å². The van der Waals surface area contributed by atoms with Gasteiger partial charge < -0.3 is 14.1 Å². The van der Waals surface area contributed by atoms with Gasteiger partial charge in [0.1, 0.15) is 0 Å². The minimum atomic E-state index is -3.93. The number of hydrogen-bond donors (Lipinski definition) is 1. The van der Waals surface area contributed by atoms with Crippen LogP contribution >= 0.6 is 7.82 Å². The van der Waals surface area contributed by atoms with Crippen molar-refractivity contribution in [2.45, 2.75) is 45.4 Å². The van der Waals surface area contributed by atoms with Crippen LogP contribution in [0.5, 0.6) is 0 Å². The first-order valence-corrected chi connectivity index (χ1v) is 10.3. The molecule has 148 valence electrons. The average molecular weight is 380 g/mol. The molecule has 0 saturated heterocycles. The Bertz CT molecular complexity index is 447. The van der Waals surface area contributed by atoms with Gasteiger partial charge in [-0.2, -0.15) is 0 Å². The summed E-state index contributed by atoms with van der Waals surface area (Å²) >= 11 is 0. The predicted molar refractivity (Wildman–Crippen MR) is 98.1 cm³/mol. The lowest BCUT2D eigenvalue weighted by atomic mass is 10.1. The second kappa shape index (κ2) is 12.6. The van der Waals surface area contributed by atoms with Crippen molar-refractivity contribution in [3.8, 4) is 0 Å². The normalized spacial score (nSPS) is 14.1. The Balaban J connectivity index is 3.52. The first-order valence-electron chi connectivity index (χ1n) is 8.78. The van der Waals surface area contributed by atoms with Gasteiger partial charge in [0.15, 0.2) is 0 Å². The summed E-state index contributed by atoms with van der Waals surface area (Å²) < 4.78 is 27.4. The zero-order valence-corrected chi connectivity index (χ0v) is 17.1. The van der Waals surface area contributed by atoms with Crippen LogP contribution in [0, 0.1) is 0 Å². The fraction of sp³-hybridized carbons (Fsp3) is 0.824. The van der Waals surface area contributed by atoms with Crippen molar-refractivity contribution in [2.24, 2.45) is 0 Å². The molecule has 0 radical (unpaired) electrons. The topological polar surface area (TPSA) is 82.1 Å². The van der Waals surface area contributed by atoms with Crippen LogP contribution in [0.15, 0.2) is 12.2 Å². The highest BCUT2D eigenvalue weighted by atomic mass is 31.2. The van der Waals surface area contributed by atoms with E-state index in [0.717, 1.165) is 36.7 Å². The smallest absolute Gasteiger partial charge is 0.462 e. The first kappa shape index (κ1) is 24.3. The Kier molecular flexibility index (Phi) is 12.2. The van der Waals surface area contributed by atoms with Crippen LogP contribution in [0.3, 0.4) is 0 Å². The molecule has 0 amide bonds. The van der Waals surface area contributed by atoms with Crippen molar-refractivity contribution >= 4 is 13.8 Å². The van der Waals surface area contributed by atoms with E-state index in [2.05, 4.69) is 27.7 Å². The van der Waals surface area contributed by atoms with Gasteiger partial charge >= 0.3 is 13.8 Å². The van der Waals surface area contributed by atoms with E-state index < -0.39 is 7.82 Å². The minimum absolute atomic E-state index is 0.202. The van der Waals surface area contributed by atoms with Gasteiger partial charge in [-0.05, 0) is 19.8 Å². The SMILES string of the molecule is C=C(C)C(=O)OCCCCCCCOP(=O)(O)OCCC[N+](C)(C)C. The minimum Gasteiger partial charge on any atom is -0.462 e. The van der Waals surface area contributed by atoms with Gasteiger partial charge in [-0.3, -0.25) is 9.05 Å². The summed E-state index contributed by atoms with van der Waals surface area (Å²) in [7, 11) is 2.23. The van der Waals surface area contributed by atoms with Crippen molar-refractivity contribution in [1.82, 2.24) is 0 Å². The van der Waals surface area contributed by atoms with E-state index in [1.165, 1.54) is 0 Å². The van der Waals surface area contributed by atoms with E-state index in [0.29, 0.717) is 25.0 Å². The largest absolute Gasteiger partial charge is 0.472 e. The van der Waals surface area contributed by atoms with Crippen molar-refractivity contribution in [3.63, 3.8) is 0 Å². The van der Waals surface area contributed by atoms with Crippen LogP contribution in [0.2, 0.25) is 0 Å². The third-order valence-electron chi connectivity index (χ3n) is 3.35. The molecule has 0 aliphatic heterocycles. The number of hydrogen-bond acceptors (Lipinski definition) is 5. The van der Waals surface area contributed by atoms with Crippen LogP contribution < -0.4 is 0 Å². The average Bonchev–Trinajstić information content (AvgIpc) is 2.48. The molecular formula is C17H35NO6P+. The molecule has 0 aromatic carbocycles. The van der Waals surface area contributed by atoms with Gasteiger partial charge in [-0.15, -0.1) is 0 Å². The molecular weight excluding hydrogens is 345 g/mol. The van der Waals surface area contributed by atoms with Crippen molar-refractivity contribution < 1.29 is 32.5 Å². The Morgan fingerprint density at radius 1 is 0.960 bits per heavy atom. The number of nitrogens with zero attached hydrogens (tertiary/aromatic N) is 1. The lowest BCUT2D eigenvalue weighted by Crippen LogP contribution is -2.35. The summed E-state index contributed by atoms with van der Waals surface area (Å²) in [4.78, 5) is 20.7. The molecule has 8 heteroatoms. The summed E-state index contributed by atoms with van der Waals surface area (Å²) in [6.45, 7) is 6.81. The van der Waals surface area contributed by atoms with Gasteiger partial charge in [0.25, 0.3) is 0 Å². The third-order valence-corrected chi connectivity index (χ3v) is 4.37. The molecule has 7 nitrogen and oxygen atoms in total. The van der Waals surface area contributed by atoms with Gasteiger partial charge in [0.05, 0.1) is 47.5 Å². The molecule has 0 rings (SSSR count). The summed E-state index contributed by atoms with van der Waals surface area (Å²) in [5, 5.41) is 0.